The van der Waals surface area contributed by atoms with Crippen LogP contribution >= 0.6 is 0 Å². The van der Waals surface area contributed by atoms with Gasteiger partial charge in [-0.3, -0.25) is 24.4 Å². The monoisotopic (exact) mass is 554 g/mol. The van der Waals surface area contributed by atoms with E-state index in [9.17, 15) is 18.4 Å². The lowest BCUT2D eigenvalue weighted by Gasteiger charge is -2.44. The van der Waals surface area contributed by atoms with Crippen LogP contribution in [0.1, 0.15) is 44.5 Å². The summed E-state index contributed by atoms with van der Waals surface area (Å²) in [5.41, 5.74) is 2.40. The first kappa shape index (κ1) is 28.6. The zero-order chi connectivity index (χ0) is 28.8. The van der Waals surface area contributed by atoms with E-state index >= 15 is 0 Å². The second-order valence-electron chi connectivity index (χ2n) is 12.4. The van der Waals surface area contributed by atoms with Gasteiger partial charge in [-0.15, -0.1) is 0 Å². The van der Waals surface area contributed by atoms with Crippen molar-refractivity contribution in [2.45, 2.75) is 57.7 Å². The number of carbonyl (C=O) groups is 2. The van der Waals surface area contributed by atoms with Crippen LogP contribution < -0.4 is 10.2 Å². The van der Waals surface area contributed by atoms with Crippen molar-refractivity contribution in [2.75, 3.05) is 57.8 Å². The molecule has 1 aromatic heterocycles. The standard InChI is InChI=1S/C30H40F2N6O2/c1-19-13-36(24(12-33-19)15-37-14-20(2)35(5)16-27(37)39)17-28(40)38-18-30(3,4)29-26(38)9-21(11-34-29)8-22-6-7-23(31)10-25(22)32/h6-7,9-11,19-20,24,33H,8,12-18H2,1-5H3/t19-,20+,24-/m1/s1. The minimum atomic E-state index is -0.612. The molecule has 3 atom stereocenters. The average molecular weight is 555 g/mol. The molecule has 3 aliphatic heterocycles. The summed E-state index contributed by atoms with van der Waals surface area (Å²) < 4.78 is 27.7. The van der Waals surface area contributed by atoms with Gasteiger partial charge in [0.25, 0.3) is 0 Å². The van der Waals surface area contributed by atoms with E-state index < -0.39 is 11.6 Å². The summed E-state index contributed by atoms with van der Waals surface area (Å²) in [6.07, 6.45) is 1.98. The van der Waals surface area contributed by atoms with Crippen molar-refractivity contribution in [3.8, 4) is 0 Å². The second-order valence-corrected chi connectivity index (χ2v) is 12.4. The number of fused-ring (bicyclic) bond motifs is 1. The van der Waals surface area contributed by atoms with Gasteiger partial charge in [0.15, 0.2) is 0 Å². The number of nitrogens with zero attached hydrogens (tertiary/aromatic N) is 5. The number of rotatable bonds is 6. The Labute approximate surface area is 235 Å². The Bertz CT molecular complexity index is 1290. The molecule has 0 radical (unpaired) electrons. The number of benzene rings is 1. The van der Waals surface area contributed by atoms with Crippen molar-refractivity contribution >= 4 is 17.5 Å². The molecular weight excluding hydrogens is 514 g/mol. The zero-order valence-corrected chi connectivity index (χ0v) is 24.1. The van der Waals surface area contributed by atoms with Crippen LogP contribution in [0.5, 0.6) is 0 Å². The number of likely N-dealkylation sites (N-methyl/N-ethyl adjacent to an activating group) is 1. The summed E-state index contributed by atoms with van der Waals surface area (Å²) in [6, 6.07) is 6.04. The maximum atomic E-state index is 14.3. The van der Waals surface area contributed by atoms with Crippen LogP contribution in [0.2, 0.25) is 0 Å². The highest BCUT2D eigenvalue weighted by molar-refractivity contribution is 5.97. The molecule has 2 saturated heterocycles. The minimum Gasteiger partial charge on any atom is -0.338 e. The predicted octanol–water partition coefficient (Wildman–Crippen LogP) is 2.40. The van der Waals surface area contributed by atoms with E-state index in [-0.39, 0.29) is 48.3 Å². The third-order valence-electron chi connectivity index (χ3n) is 8.59. The highest BCUT2D eigenvalue weighted by atomic mass is 19.1. The molecule has 4 heterocycles. The third-order valence-corrected chi connectivity index (χ3v) is 8.59. The molecule has 0 spiro atoms. The van der Waals surface area contributed by atoms with Crippen molar-refractivity contribution in [1.82, 2.24) is 25.0 Å². The SMILES string of the molecule is C[C@@H]1CN(CC(=O)N2CC(C)(C)c3ncc(Cc4ccc(F)cc4F)cc32)[C@@H](CN2C[C@H](C)N(C)CC2=O)CN1. The lowest BCUT2D eigenvalue weighted by molar-refractivity contribution is -0.138. The summed E-state index contributed by atoms with van der Waals surface area (Å²) in [6.45, 7) is 12.2. The summed E-state index contributed by atoms with van der Waals surface area (Å²) in [7, 11) is 1.97. The first-order valence-electron chi connectivity index (χ1n) is 14.1. The maximum absolute atomic E-state index is 14.3. The van der Waals surface area contributed by atoms with Crippen LogP contribution in [-0.4, -0.2) is 102 Å². The first-order chi connectivity index (χ1) is 18.9. The molecule has 0 bridgehead atoms. The van der Waals surface area contributed by atoms with Gasteiger partial charge in [0.05, 0.1) is 24.5 Å². The number of pyridine rings is 1. The molecule has 3 aliphatic rings. The van der Waals surface area contributed by atoms with Gasteiger partial charge in [-0.05, 0) is 44.2 Å². The number of anilines is 1. The molecule has 40 heavy (non-hydrogen) atoms. The molecule has 2 aromatic rings. The Morgan fingerprint density at radius 3 is 2.70 bits per heavy atom. The van der Waals surface area contributed by atoms with Crippen LogP contribution in [0.15, 0.2) is 30.5 Å². The lowest BCUT2D eigenvalue weighted by atomic mass is 9.91. The molecule has 0 aliphatic carbocycles. The average Bonchev–Trinajstić information content (AvgIpc) is 3.16. The van der Waals surface area contributed by atoms with Gasteiger partial charge in [0, 0.05) is 74.9 Å². The van der Waals surface area contributed by atoms with Gasteiger partial charge >= 0.3 is 0 Å². The van der Waals surface area contributed by atoms with Crippen molar-refractivity contribution < 1.29 is 18.4 Å². The van der Waals surface area contributed by atoms with Crippen LogP contribution in [-0.2, 0) is 21.4 Å². The number of carbonyl (C=O) groups excluding carboxylic acids is 2. The quantitative estimate of drug-likeness (QED) is 0.592. The highest BCUT2D eigenvalue weighted by Gasteiger charge is 2.41. The Morgan fingerprint density at radius 1 is 1.18 bits per heavy atom. The second kappa shape index (κ2) is 11.1. The first-order valence-corrected chi connectivity index (χ1v) is 14.1. The minimum absolute atomic E-state index is 0.0177. The normalized spacial score (nSPS) is 25.4. The summed E-state index contributed by atoms with van der Waals surface area (Å²) in [4.78, 5) is 39.3. The van der Waals surface area contributed by atoms with Crippen LogP contribution in [0, 0.1) is 11.6 Å². The van der Waals surface area contributed by atoms with E-state index in [1.165, 1.54) is 12.1 Å². The van der Waals surface area contributed by atoms with E-state index in [0.717, 1.165) is 23.0 Å². The number of piperazine rings is 2. The molecule has 2 fully saturated rings. The Morgan fingerprint density at radius 2 is 1.95 bits per heavy atom. The molecule has 216 valence electrons. The Balaban J connectivity index is 1.33. The van der Waals surface area contributed by atoms with Gasteiger partial charge in [0.1, 0.15) is 11.6 Å². The number of aromatic nitrogens is 1. The highest BCUT2D eigenvalue weighted by Crippen LogP contribution is 2.40. The van der Waals surface area contributed by atoms with Gasteiger partial charge in [-0.2, -0.15) is 0 Å². The molecular formula is C30H40F2N6O2. The third kappa shape index (κ3) is 5.89. The molecule has 1 aromatic carbocycles. The Kier molecular flexibility index (Phi) is 7.96. The molecule has 0 saturated carbocycles. The molecule has 8 nitrogen and oxygen atoms in total. The summed E-state index contributed by atoms with van der Waals surface area (Å²) >= 11 is 0. The number of nitrogens with one attached hydrogen (secondary N) is 1. The van der Waals surface area contributed by atoms with Crippen LogP contribution in [0.25, 0.3) is 0 Å². The van der Waals surface area contributed by atoms with Crippen molar-refractivity contribution in [3.63, 3.8) is 0 Å². The van der Waals surface area contributed by atoms with E-state index in [1.54, 1.807) is 11.1 Å². The number of amides is 2. The molecule has 0 unspecified atom stereocenters. The van der Waals surface area contributed by atoms with E-state index in [4.69, 9.17) is 4.98 Å². The molecule has 10 heteroatoms. The largest absolute Gasteiger partial charge is 0.338 e. The topological polar surface area (TPSA) is 72.0 Å². The van der Waals surface area contributed by atoms with E-state index in [2.05, 4.69) is 42.8 Å². The van der Waals surface area contributed by atoms with Gasteiger partial charge < -0.3 is 15.1 Å². The van der Waals surface area contributed by atoms with Gasteiger partial charge in [0.2, 0.25) is 11.8 Å². The molecule has 1 N–H and O–H groups in total. The molecule has 5 rings (SSSR count). The van der Waals surface area contributed by atoms with Crippen molar-refractivity contribution in [3.05, 3.63) is 58.9 Å². The number of hydrogen-bond acceptors (Lipinski definition) is 6. The zero-order valence-electron chi connectivity index (χ0n) is 24.1. The summed E-state index contributed by atoms with van der Waals surface area (Å²) in [5.74, 6) is -1.10. The van der Waals surface area contributed by atoms with E-state index in [0.29, 0.717) is 44.8 Å². The van der Waals surface area contributed by atoms with Crippen molar-refractivity contribution in [1.29, 1.82) is 0 Å². The fourth-order valence-corrected chi connectivity index (χ4v) is 6.11. The number of halogens is 2. The van der Waals surface area contributed by atoms with Gasteiger partial charge in [-0.1, -0.05) is 19.9 Å². The summed E-state index contributed by atoms with van der Waals surface area (Å²) in [5, 5.41) is 3.52. The van der Waals surface area contributed by atoms with Crippen LogP contribution in [0.3, 0.4) is 0 Å². The smallest absolute Gasteiger partial charge is 0.241 e. The maximum Gasteiger partial charge on any atom is 0.241 e. The van der Waals surface area contributed by atoms with Gasteiger partial charge in [-0.25, -0.2) is 8.78 Å². The van der Waals surface area contributed by atoms with E-state index in [1.807, 2.05) is 18.0 Å². The fraction of sp³-hybridized carbons (Fsp3) is 0.567. The lowest BCUT2D eigenvalue weighted by Crippen LogP contribution is -2.63. The van der Waals surface area contributed by atoms with Crippen LogP contribution in [0.4, 0.5) is 14.5 Å². The predicted molar refractivity (Wildman–Crippen MR) is 150 cm³/mol. The Hall–Kier alpha value is -2.95. The van der Waals surface area contributed by atoms with Crippen molar-refractivity contribution in [2.24, 2.45) is 0 Å². The fourth-order valence-electron chi connectivity index (χ4n) is 6.11. The number of hydrogen-bond donors (Lipinski definition) is 1. The molecule has 2 amide bonds.